The van der Waals surface area contributed by atoms with Gasteiger partial charge in [0.15, 0.2) is 0 Å². The van der Waals surface area contributed by atoms with Crippen LogP contribution in [0.5, 0.6) is 0 Å². The molecule has 0 atom stereocenters. The van der Waals surface area contributed by atoms with E-state index in [1.165, 1.54) is 0 Å². The van der Waals surface area contributed by atoms with E-state index < -0.39 is 0 Å². The highest BCUT2D eigenvalue weighted by molar-refractivity contribution is 6.18. The van der Waals surface area contributed by atoms with Gasteiger partial charge < -0.3 is 5.43 Å². The Morgan fingerprint density at radius 2 is 1.83 bits per heavy atom. The van der Waals surface area contributed by atoms with E-state index in [0.29, 0.717) is 5.88 Å². The maximum Gasteiger partial charge on any atom is 0.0487 e. The molecular weight excluding hydrogens is 195 g/mol. The molecule has 1 aromatic rings. The summed E-state index contributed by atoms with van der Waals surface area (Å²) in [6.45, 7) is 0.760. The van der Waals surface area contributed by atoms with E-state index in [9.17, 15) is 0 Å². The second-order valence-corrected chi connectivity index (χ2v) is 2.48. The molecule has 1 aromatic carbocycles. The topological polar surface area (TPSA) is 24.1 Å². The number of rotatable bonds is 4. The van der Waals surface area contributed by atoms with Gasteiger partial charge in [-0.1, -0.05) is 18.2 Å². The Morgan fingerprint density at radius 1 is 1.17 bits per heavy atom. The van der Waals surface area contributed by atoms with Crippen LogP contribution in [0.15, 0.2) is 30.3 Å². The van der Waals surface area contributed by atoms with Crippen LogP contribution in [0.1, 0.15) is 0 Å². The van der Waals surface area contributed by atoms with E-state index in [-0.39, 0.29) is 12.4 Å². The Morgan fingerprint density at radius 3 is 2.42 bits per heavy atom. The summed E-state index contributed by atoms with van der Waals surface area (Å²) in [7, 11) is 0. The van der Waals surface area contributed by atoms with E-state index >= 15 is 0 Å². The summed E-state index contributed by atoms with van der Waals surface area (Å²) in [6.07, 6.45) is 0. The van der Waals surface area contributed by atoms with Gasteiger partial charge in [0.1, 0.15) is 0 Å². The quantitative estimate of drug-likeness (QED) is 0.449. The van der Waals surface area contributed by atoms with Gasteiger partial charge in [0, 0.05) is 18.1 Å². The highest BCUT2D eigenvalue weighted by atomic mass is 35.5. The molecule has 2 nitrogen and oxygen atoms in total. The number of hydrazine groups is 1. The fourth-order valence-electron chi connectivity index (χ4n) is 0.733. The van der Waals surface area contributed by atoms with Crippen molar-refractivity contribution in [1.29, 1.82) is 0 Å². The first-order valence-electron chi connectivity index (χ1n) is 3.53. The minimum absolute atomic E-state index is 0. The normalized spacial score (nSPS) is 8.75. The molecule has 0 bridgehead atoms. The molecule has 4 heteroatoms. The Labute approximate surface area is 83.7 Å². The summed E-state index contributed by atoms with van der Waals surface area (Å²) in [4.78, 5) is 0. The predicted octanol–water partition coefficient (Wildman–Crippen LogP) is 2.26. The smallest absolute Gasteiger partial charge is 0.0487 e. The predicted molar refractivity (Wildman–Crippen MR) is 56.0 cm³/mol. The lowest BCUT2D eigenvalue weighted by molar-refractivity contribution is 0.849. The molecule has 0 fully saturated rings. The lowest BCUT2D eigenvalue weighted by Gasteiger charge is -2.05. The first-order chi connectivity index (χ1) is 5.43. The second kappa shape index (κ2) is 7.22. The largest absolute Gasteiger partial charge is 0.321 e. The average molecular weight is 207 g/mol. The number of alkyl halides is 1. The molecule has 0 spiro atoms. The van der Waals surface area contributed by atoms with Crippen LogP contribution in [0.25, 0.3) is 0 Å². The number of hydrogen-bond acceptors (Lipinski definition) is 2. The van der Waals surface area contributed by atoms with Crippen molar-refractivity contribution in [3.8, 4) is 0 Å². The molecule has 68 valence electrons. The number of para-hydroxylation sites is 1. The van der Waals surface area contributed by atoms with Crippen molar-refractivity contribution in [2.45, 2.75) is 0 Å². The van der Waals surface area contributed by atoms with Crippen molar-refractivity contribution in [1.82, 2.24) is 5.43 Å². The van der Waals surface area contributed by atoms with E-state index in [1.807, 2.05) is 30.3 Å². The van der Waals surface area contributed by atoms with Gasteiger partial charge in [0.05, 0.1) is 0 Å². The molecule has 0 aliphatic heterocycles. The van der Waals surface area contributed by atoms with Crippen LogP contribution in [0.2, 0.25) is 0 Å². The van der Waals surface area contributed by atoms with Crippen molar-refractivity contribution in [2.24, 2.45) is 0 Å². The number of anilines is 1. The van der Waals surface area contributed by atoms with Crippen molar-refractivity contribution in [3.63, 3.8) is 0 Å². The van der Waals surface area contributed by atoms with Gasteiger partial charge in [-0.3, -0.25) is 0 Å². The third-order valence-electron chi connectivity index (χ3n) is 1.23. The van der Waals surface area contributed by atoms with Gasteiger partial charge in [0.2, 0.25) is 0 Å². The lowest BCUT2D eigenvalue weighted by atomic mass is 10.3. The van der Waals surface area contributed by atoms with Gasteiger partial charge >= 0.3 is 0 Å². The molecule has 0 amide bonds. The molecule has 0 radical (unpaired) electrons. The van der Waals surface area contributed by atoms with Crippen LogP contribution in [0.3, 0.4) is 0 Å². The Bertz CT molecular complexity index is 192. The summed E-state index contributed by atoms with van der Waals surface area (Å²) >= 11 is 5.47. The first-order valence-corrected chi connectivity index (χ1v) is 4.07. The molecular formula is C8H12Cl2N2. The maximum atomic E-state index is 5.47. The van der Waals surface area contributed by atoms with Crippen LogP contribution in [-0.4, -0.2) is 12.4 Å². The zero-order valence-corrected chi connectivity index (χ0v) is 8.16. The van der Waals surface area contributed by atoms with Crippen molar-refractivity contribution < 1.29 is 0 Å². The summed E-state index contributed by atoms with van der Waals surface area (Å²) in [5.41, 5.74) is 7.03. The molecule has 12 heavy (non-hydrogen) atoms. The number of hydrogen-bond donors (Lipinski definition) is 2. The van der Waals surface area contributed by atoms with Crippen LogP contribution in [0.4, 0.5) is 5.69 Å². The van der Waals surface area contributed by atoms with Gasteiger partial charge in [-0.05, 0) is 12.1 Å². The van der Waals surface area contributed by atoms with Gasteiger partial charge in [-0.2, -0.15) is 0 Å². The Hall–Kier alpha value is -0.440. The molecule has 0 aliphatic rings. The van der Waals surface area contributed by atoms with E-state index in [4.69, 9.17) is 11.6 Å². The summed E-state index contributed by atoms with van der Waals surface area (Å²) in [5.74, 6) is 0.611. The monoisotopic (exact) mass is 206 g/mol. The second-order valence-electron chi connectivity index (χ2n) is 2.11. The number of nitrogens with one attached hydrogen (secondary N) is 2. The Balaban J connectivity index is 0.00000121. The number of halogens is 2. The number of benzene rings is 1. The molecule has 0 saturated heterocycles. The molecule has 0 saturated carbocycles. The summed E-state index contributed by atoms with van der Waals surface area (Å²) in [6, 6.07) is 9.91. The molecule has 0 unspecified atom stereocenters. The summed E-state index contributed by atoms with van der Waals surface area (Å²) in [5, 5.41) is 0. The minimum atomic E-state index is 0. The van der Waals surface area contributed by atoms with E-state index in [0.717, 1.165) is 12.2 Å². The fourth-order valence-corrected chi connectivity index (χ4v) is 0.828. The van der Waals surface area contributed by atoms with E-state index in [2.05, 4.69) is 10.9 Å². The van der Waals surface area contributed by atoms with Crippen molar-refractivity contribution in [2.75, 3.05) is 17.9 Å². The van der Waals surface area contributed by atoms with Gasteiger partial charge in [-0.25, -0.2) is 5.43 Å². The average Bonchev–Trinajstić information content (AvgIpc) is 2.07. The van der Waals surface area contributed by atoms with Gasteiger partial charge in [-0.15, -0.1) is 24.0 Å². The van der Waals surface area contributed by atoms with Crippen LogP contribution in [0, 0.1) is 0 Å². The SMILES string of the molecule is Cl.ClCCNNc1ccccc1. The fraction of sp³-hybridized carbons (Fsp3) is 0.250. The highest BCUT2D eigenvalue weighted by Crippen LogP contribution is 2.01. The van der Waals surface area contributed by atoms with Crippen molar-refractivity contribution >= 4 is 29.7 Å². The molecule has 0 heterocycles. The van der Waals surface area contributed by atoms with Crippen LogP contribution >= 0.6 is 24.0 Å². The van der Waals surface area contributed by atoms with E-state index in [1.54, 1.807) is 0 Å². The molecule has 0 aromatic heterocycles. The van der Waals surface area contributed by atoms with Crippen LogP contribution in [-0.2, 0) is 0 Å². The standard InChI is InChI=1S/C8H11ClN2.ClH/c9-6-7-10-11-8-4-2-1-3-5-8;/h1-5,10-11H,6-7H2;1H. The lowest BCUT2D eigenvalue weighted by Crippen LogP contribution is -2.23. The maximum absolute atomic E-state index is 5.47. The first kappa shape index (κ1) is 11.6. The third kappa shape index (κ3) is 4.44. The zero-order valence-electron chi connectivity index (χ0n) is 6.59. The third-order valence-corrected chi connectivity index (χ3v) is 1.41. The minimum Gasteiger partial charge on any atom is -0.321 e. The zero-order chi connectivity index (χ0) is 7.94. The molecule has 2 N–H and O–H groups in total. The molecule has 1 rings (SSSR count). The summed E-state index contributed by atoms with van der Waals surface area (Å²) < 4.78 is 0. The van der Waals surface area contributed by atoms with Crippen molar-refractivity contribution in [3.05, 3.63) is 30.3 Å². The van der Waals surface area contributed by atoms with Crippen LogP contribution < -0.4 is 10.9 Å². The van der Waals surface area contributed by atoms with Gasteiger partial charge in [0.25, 0.3) is 0 Å². The Kier molecular flexibility index (Phi) is 6.96. The highest BCUT2D eigenvalue weighted by Gasteiger charge is 1.85. The molecule has 0 aliphatic carbocycles.